The zero-order valence-corrected chi connectivity index (χ0v) is 80.8. The molecule has 1 atom stereocenters. The molecule has 1 unspecified atom stereocenters. The van der Waals surface area contributed by atoms with Gasteiger partial charge in [0.2, 0.25) is 0 Å². The van der Waals surface area contributed by atoms with Gasteiger partial charge in [0.25, 0.3) is 0 Å². The van der Waals surface area contributed by atoms with E-state index in [1.54, 1.807) is 61.4 Å². The van der Waals surface area contributed by atoms with Gasteiger partial charge in [-0.2, -0.15) is 0 Å². The number of pyridine rings is 3. The van der Waals surface area contributed by atoms with Crippen LogP contribution in [0, 0.1) is 0 Å². The summed E-state index contributed by atoms with van der Waals surface area (Å²) in [5.41, 5.74) is 14.8. The molecule has 0 aliphatic rings. The van der Waals surface area contributed by atoms with E-state index in [2.05, 4.69) is 120 Å². The van der Waals surface area contributed by atoms with Crippen molar-refractivity contribution in [3.8, 4) is 33.4 Å². The van der Waals surface area contributed by atoms with Gasteiger partial charge in [0, 0.05) is 97.6 Å². The van der Waals surface area contributed by atoms with Crippen molar-refractivity contribution in [2.75, 3.05) is 0 Å². The topological polar surface area (TPSA) is 213 Å². The van der Waals surface area contributed by atoms with E-state index in [4.69, 9.17) is 0 Å². The second-order valence-electron chi connectivity index (χ2n) is 22.8. The van der Waals surface area contributed by atoms with E-state index in [9.17, 15) is 27.0 Å². The molecule has 0 saturated heterocycles. The molecule has 6 amide bonds. The Bertz CT molecular complexity index is 4640. The summed E-state index contributed by atoms with van der Waals surface area (Å²) in [7, 11) is -4.72. The Morgan fingerprint density at radius 3 is 0.919 bits per heavy atom. The molecule has 9 aromatic carbocycles. The summed E-state index contributed by atoms with van der Waals surface area (Å²) in [6.07, 6.45) is 10.3. The van der Waals surface area contributed by atoms with Gasteiger partial charge in [-0.25, -0.2) is 22.8 Å². The van der Waals surface area contributed by atoms with Gasteiger partial charge in [0.15, 0.2) is 9.84 Å². The number of amides is 6. The van der Waals surface area contributed by atoms with Crippen LogP contribution in [0.4, 0.5) is 14.4 Å². The van der Waals surface area contributed by atoms with Gasteiger partial charge >= 0.3 is 18.1 Å². The summed E-state index contributed by atoms with van der Waals surface area (Å²) in [4.78, 5) is 50.6. The van der Waals surface area contributed by atoms with Crippen molar-refractivity contribution < 1.29 is 27.0 Å². The standard InChI is InChI=1S/C27H25N3O3S.C27H25N3O2S.C27H25N3OS.12C2H6/c31-27(30-19-23-7-6-16-28-17-23)29-18-21-12-14-22(15-13-21)20-34(32,33)26-11-5-4-10-25(26)24-8-2-1-3-9-24;31-27(30-19-23-7-6-16-28-17-23)29-18-21-12-14-22(15-13-21)20-33(32)26-11-5-4-10-25(26)24-8-2-1-3-9-24;31-27(30-19-23-7-6-16-28-17-23)29-18-21-12-14-22(15-13-21)20-32-26-11-5-4-10-25(26)24-8-2-1-3-9-24;12*1-2/h1-17H,18-20H2,(H2,29,30,31);1-17H,18-20H2,(H2,29,30,31);1-17H,18-20H2,(H2,29,30,31);12*1-2H3. The van der Waals surface area contributed by atoms with Crippen molar-refractivity contribution in [3.63, 3.8) is 0 Å². The van der Waals surface area contributed by atoms with Crippen LogP contribution >= 0.6 is 11.8 Å². The summed E-state index contributed by atoms with van der Waals surface area (Å²) in [5, 5.41) is 17.0. The highest BCUT2D eigenvalue weighted by atomic mass is 32.2. The van der Waals surface area contributed by atoms with Crippen LogP contribution in [-0.2, 0) is 77.2 Å². The smallest absolute Gasteiger partial charge is 0.315 e. The zero-order chi connectivity index (χ0) is 92.7. The molecule has 0 aliphatic heterocycles. The Morgan fingerprint density at radius 1 is 0.285 bits per heavy atom. The average Bonchev–Trinajstić information content (AvgIpc) is 0.784. The molecule has 666 valence electrons. The predicted molar refractivity (Wildman–Crippen MR) is 532 cm³/mol. The number of benzene rings is 9. The van der Waals surface area contributed by atoms with E-state index in [1.165, 1.54) is 21.6 Å². The number of sulfone groups is 1. The quantitative estimate of drug-likeness (QED) is 0.0315. The lowest BCUT2D eigenvalue weighted by molar-refractivity contribution is 0.239. The minimum Gasteiger partial charge on any atom is -0.334 e. The first-order chi connectivity index (χ1) is 60.5. The molecule has 12 rings (SSSR count). The van der Waals surface area contributed by atoms with Crippen LogP contribution in [0.5, 0.6) is 0 Å². The third-order valence-electron chi connectivity index (χ3n) is 15.5. The number of nitrogens with zero attached hydrogens (tertiary/aromatic N) is 3. The summed E-state index contributed by atoms with van der Waals surface area (Å²) in [6.45, 7) is 50.5. The number of carbonyl (C=O) groups is 3. The van der Waals surface area contributed by atoms with Crippen LogP contribution in [0.25, 0.3) is 33.4 Å². The van der Waals surface area contributed by atoms with Crippen molar-refractivity contribution in [2.24, 2.45) is 0 Å². The molecule has 6 N–H and O–H groups in total. The molecule has 15 nitrogen and oxygen atoms in total. The number of rotatable bonds is 24. The van der Waals surface area contributed by atoms with Crippen LogP contribution in [0.1, 0.15) is 216 Å². The number of aromatic nitrogens is 3. The Morgan fingerprint density at radius 2 is 0.561 bits per heavy atom. The number of thioether (sulfide) groups is 1. The molecule has 0 radical (unpaired) electrons. The first-order valence-corrected chi connectivity index (χ1v) is 48.1. The molecule has 0 aliphatic carbocycles. The maximum Gasteiger partial charge on any atom is 0.315 e. The second-order valence-corrected chi connectivity index (χ2v) is 27.2. The molecule has 0 spiro atoms. The minimum atomic E-state index is -3.55. The highest BCUT2D eigenvalue weighted by molar-refractivity contribution is 7.98. The largest absolute Gasteiger partial charge is 0.334 e. The summed E-state index contributed by atoms with van der Waals surface area (Å²) in [6, 6.07) is 87.4. The highest BCUT2D eigenvalue weighted by Crippen LogP contribution is 2.34. The molecule has 3 heterocycles. The maximum absolute atomic E-state index is 13.2. The average molecular weight is 1730 g/mol. The van der Waals surface area contributed by atoms with Crippen molar-refractivity contribution in [3.05, 3.63) is 360 Å². The van der Waals surface area contributed by atoms with E-state index in [0.29, 0.717) is 61.0 Å². The third kappa shape index (κ3) is 47.6. The normalized spacial score (nSPS) is 9.46. The van der Waals surface area contributed by atoms with Gasteiger partial charge in [0.1, 0.15) is 0 Å². The van der Waals surface area contributed by atoms with Crippen molar-refractivity contribution in [1.82, 2.24) is 46.9 Å². The van der Waals surface area contributed by atoms with Gasteiger partial charge in [-0.05, 0) is 114 Å². The fraction of sp³-hybridized carbons (Fsp3) is 0.314. The molecular weight excluding hydrogens is 1580 g/mol. The van der Waals surface area contributed by atoms with E-state index >= 15 is 0 Å². The summed E-state index contributed by atoms with van der Waals surface area (Å²) >= 11 is 1.84. The molecule has 0 saturated carbocycles. The van der Waals surface area contributed by atoms with Crippen molar-refractivity contribution in [2.45, 2.75) is 237 Å². The third-order valence-corrected chi connectivity index (χ3v) is 19.8. The molecule has 0 bridgehead atoms. The van der Waals surface area contributed by atoms with Gasteiger partial charge in [-0.3, -0.25) is 19.2 Å². The lowest BCUT2D eigenvalue weighted by Crippen LogP contribution is -2.34. The highest BCUT2D eigenvalue weighted by Gasteiger charge is 2.21. The fourth-order valence-electron chi connectivity index (χ4n) is 10.3. The fourth-order valence-corrected chi connectivity index (χ4v) is 14.2. The van der Waals surface area contributed by atoms with E-state index in [1.807, 2.05) is 354 Å². The van der Waals surface area contributed by atoms with Crippen molar-refractivity contribution in [1.29, 1.82) is 0 Å². The van der Waals surface area contributed by atoms with Gasteiger partial charge in [-0.1, -0.05) is 403 Å². The van der Waals surface area contributed by atoms with Crippen molar-refractivity contribution >= 4 is 50.5 Å². The van der Waals surface area contributed by atoms with Crippen LogP contribution in [0.3, 0.4) is 0 Å². The van der Waals surface area contributed by atoms with Crippen LogP contribution in [0.15, 0.2) is 325 Å². The number of hydrogen-bond acceptors (Lipinski definition) is 10. The van der Waals surface area contributed by atoms with E-state index in [-0.39, 0.29) is 23.8 Å². The lowest BCUT2D eigenvalue weighted by Gasteiger charge is -2.12. The number of nitrogens with one attached hydrogen (secondary N) is 6. The number of urea groups is 3. The van der Waals surface area contributed by atoms with E-state index in [0.717, 1.165) is 66.3 Å². The Labute approximate surface area is 750 Å². The Balaban J connectivity index is -0.00000156. The first kappa shape index (κ1) is 116. The number of carbonyl (C=O) groups excluding carboxylic acids is 3. The first-order valence-electron chi connectivity index (χ1n) is 44.1. The zero-order valence-electron chi connectivity index (χ0n) is 78.3. The van der Waals surface area contributed by atoms with Gasteiger partial charge < -0.3 is 31.9 Å². The maximum atomic E-state index is 13.2. The molecule has 0 fully saturated rings. The SMILES string of the molecule is CC.CC.CC.CC.CC.CC.CC.CC.CC.CC.CC.CC.O=C(NCc1ccc(CS(=O)(=O)c2ccccc2-c2ccccc2)cc1)NCc1cccnc1.O=C(NCc1ccc(CS(=O)c2ccccc2-c2ccccc2)cc1)NCc1cccnc1.O=C(NCc1ccc(CSc2ccccc2-c2ccccc2)cc1)NCc1cccnc1. The second kappa shape index (κ2) is 78.0. The van der Waals surface area contributed by atoms with Gasteiger partial charge in [0.05, 0.1) is 27.2 Å². The summed E-state index contributed by atoms with van der Waals surface area (Å²) in [5.74, 6) is 1.22. The van der Waals surface area contributed by atoms with Crippen LogP contribution < -0.4 is 31.9 Å². The summed E-state index contributed by atoms with van der Waals surface area (Å²) < 4.78 is 39.6. The molecule has 123 heavy (non-hydrogen) atoms. The Kier molecular flexibility index (Phi) is 73.4. The molecule has 3 aromatic heterocycles. The minimum absolute atomic E-state index is 0.101. The number of hydrogen-bond donors (Lipinski definition) is 6. The lowest BCUT2D eigenvalue weighted by atomic mass is 10.1. The molecule has 12 aromatic rings. The van der Waals surface area contributed by atoms with Gasteiger partial charge in [-0.15, -0.1) is 11.8 Å². The molecular formula is C105H147N9O6S3. The van der Waals surface area contributed by atoms with Crippen LogP contribution in [-0.4, -0.2) is 45.7 Å². The Hall–Kier alpha value is -11.3. The molecule has 18 heteroatoms. The van der Waals surface area contributed by atoms with Crippen LogP contribution in [0.2, 0.25) is 0 Å². The van der Waals surface area contributed by atoms with E-state index < -0.39 is 20.6 Å². The predicted octanol–water partition coefficient (Wildman–Crippen LogP) is 28.1. The monoisotopic (exact) mass is 1730 g/mol.